The van der Waals surface area contributed by atoms with E-state index in [1.54, 1.807) is 24.3 Å². The van der Waals surface area contributed by atoms with Gasteiger partial charge in [0.25, 0.3) is 0 Å². The first-order valence-corrected chi connectivity index (χ1v) is 10.2. The van der Waals surface area contributed by atoms with Gasteiger partial charge in [-0.2, -0.15) is 0 Å². The second-order valence-corrected chi connectivity index (χ2v) is 8.47. The third kappa shape index (κ3) is 4.16. The molecule has 27 heavy (non-hydrogen) atoms. The molecule has 2 aromatic carbocycles. The number of ether oxygens (including phenoxy) is 2. The SMILES string of the molecule is CCS(=O)(=O)N(CC(=O)Nc1ccc(C)c(C)c1)c1ccc2c(c1)OCO2. The smallest absolute Gasteiger partial charge is 0.245 e. The van der Waals surface area contributed by atoms with Crippen LogP contribution in [0.3, 0.4) is 0 Å². The number of carbonyl (C=O) groups is 1. The second-order valence-electron chi connectivity index (χ2n) is 6.29. The van der Waals surface area contributed by atoms with Crippen molar-refractivity contribution in [2.24, 2.45) is 0 Å². The van der Waals surface area contributed by atoms with Crippen LogP contribution in [0.4, 0.5) is 11.4 Å². The van der Waals surface area contributed by atoms with E-state index >= 15 is 0 Å². The van der Waals surface area contributed by atoms with Gasteiger partial charge in [0.05, 0.1) is 11.4 Å². The summed E-state index contributed by atoms with van der Waals surface area (Å²) in [4.78, 5) is 12.5. The van der Waals surface area contributed by atoms with Crippen LogP contribution in [-0.4, -0.2) is 33.4 Å². The summed E-state index contributed by atoms with van der Waals surface area (Å²) in [6.07, 6.45) is 0. The molecular formula is C19H22N2O5S. The summed E-state index contributed by atoms with van der Waals surface area (Å²) in [7, 11) is -3.66. The van der Waals surface area contributed by atoms with Crippen molar-refractivity contribution in [3.63, 3.8) is 0 Å². The third-order valence-corrected chi connectivity index (χ3v) is 6.16. The zero-order chi connectivity index (χ0) is 19.6. The van der Waals surface area contributed by atoms with Crippen molar-refractivity contribution in [2.45, 2.75) is 20.8 Å². The Morgan fingerprint density at radius 3 is 2.52 bits per heavy atom. The lowest BCUT2D eigenvalue weighted by molar-refractivity contribution is -0.114. The molecule has 7 nitrogen and oxygen atoms in total. The first kappa shape index (κ1) is 19.0. The van der Waals surface area contributed by atoms with Gasteiger partial charge in [0.15, 0.2) is 11.5 Å². The molecule has 0 fully saturated rings. The van der Waals surface area contributed by atoms with E-state index in [-0.39, 0.29) is 19.1 Å². The van der Waals surface area contributed by atoms with Crippen molar-refractivity contribution >= 4 is 27.3 Å². The fourth-order valence-electron chi connectivity index (χ4n) is 2.70. The highest BCUT2D eigenvalue weighted by Crippen LogP contribution is 2.36. The first-order valence-electron chi connectivity index (χ1n) is 8.57. The van der Waals surface area contributed by atoms with Crippen LogP contribution in [0, 0.1) is 13.8 Å². The number of rotatable bonds is 6. The number of nitrogens with zero attached hydrogens (tertiary/aromatic N) is 1. The lowest BCUT2D eigenvalue weighted by Gasteiger charge is -2.23. The molecule has 1 N–H and O–H groups in total. The maximum absolute atomic E-state index is 12.6. The van der Waals surface area contributed by atoms with E-state index < -0.39 is 15.9 Å². The Kier molecular flexibility index (Phi) is 5.27. The van der Waals surface area contributed by atoms with Crippen molar-refractivity contribution < 1.29 is 22.7 Å². The lowest BCUT2D eigenvalue weighted by atomic mass is 10.1. The van der Waals surface area contributed by atoms with Crippen molar-refractivity contribution in [2.75, 3.05) is 28.7 Å². The van der Waals surface area contributed by atoms with Crippen molar-refractivity contribution in [1.82, 2.24) is 0 Å². The molecule has 8 heteroatoms. The minimum Gasteiger partial charge on any atom is -0.454 e. The number of hydrogen-bond donors (Lipinski definition) is 1. The molecule has 1 aliphatic rings. The van der Waals surface area contributed by atoms with E-state index in [1.807, 2.05) is 26.0 Å². The molecule has 0 saturated carbocycles. The number of aryl methyl sites for hydroxylation is 2. The molecule has 144 valence electrons. The Labute approximate surface area is 158 Å². The predicted octanol–water partition coefficient (Wildman–Crippen LogP) is 2.83. The number of carbonyl (C=O) groups excluding carboxylic acids is 1. The van der Waals surface area contributed by atoms with Crippen molar-refractivity contribution in [3.05, 3.63) is 47.5 Å². The predicted molar refractivity (Wildman–Crippen MR) is 104 cm³/mol. The number of sulfonamides is 1. The van der Waals surface area contributed by atoms with Crippen LogP contribution in [-0.2, 0) is 14.8 Å². The maximum Gasteiger partial charge on any atom is 0.245 e. The van der Waals surface area contributed by atoms with Gasteiger partial charge in [0, 0.05) is 11.8 Å². The Morgan fingerprint density at radius 1 is 1.07 bits per heavy atom. The molecule has 0 aliphatic carbocycles. The van der Waals surface area contributed by atoms with Crippen LogP contribution in [0.1, 0.15) is 18.1 Å². The molecule has 0 aromatic heterocycles. The summed E-state index contributed by atoms with van der Waals surface area (Å²) in [6.45, 7) is 5.23. The molecule has 1 aliphatic heterocycles. The highest BCUT2D eigenvalue weighted by Gasteiger charge is 2.25. The fourth-order valence-corrected chi connectivity index (χ4v) is 3.76. The van der Waals surface area contributed by atoms with E-state index in [0.29, 0.717) is 22.9 Å². The van der Waals surface area contributed by atoms with Crippen molar-refractivity contribution in [1.29, 1.82) is 0 Å². The molecule has 1 amide bonds. The van der Waals surface area contributed by atoms with E-state index in [4.69, 9.17) is 9.47 Å². The molecule has 2 aromatic rings. The number of benzene rings is 2. The van der Waals surface area contributed by atoms with Crippen LogP contribution in [0.2, 0.25) is 0 Å². The number of anilines is 2. The second kappa shape index (κ2) is 7.48. The van der Waals surface area contributed by atoms with E-state index in [1.165, 1.54) is 6.92 Å². The fraction of sp³-hybridized carbons (Fsp3) is 0.316. The molecule has 0 unspecified atom stereocenters. The average Bonchev–Trinajstić information content (AvgIpc) is 3.10. The van der Waals surface area contributed by atoms with Gasteiger partial charge in [-0.05, 0) is 56.2 Å². The summed E-state index contributed by atoms with van der Waals surface area (Å²) >= 11 is 0. The molecule has 0 radical (unpaired) electrons. The van der Waals surface area contributed by atoms with Gasteiger partial charge in [0.1, 0.15) is 6.54 Å². The van der Waals surface area contributed by atoms with E-state index in [2.05, 4.69) is 5.32 Å². The highest BCUT2D eigenvalue weighted by molar-refractivity contribution is 7.92. The number of fused-ring (bicyclic) bond motifs is 1. The number of nitrogens with one attached hydrogen (secondary N) is 1. The normalized spacial score (nSPS) is 12.7. The van der Waals surface area contributed by atoms with Crippen LogP contribution >= 0.6 is 0 Å². The van der Waals surface area contributed by atoms with Crippen LogP contribution < -0.4 is 19.1 Å². The lowest BCUT2D eigenvalue weighted by Crippen LogP contribution is -2.39. The Balaban J connectivity index is 1.83. The first-order chi connectivity index (χ1) is 12.8. The molecule has 0 atom stereocenters. The molecule has 1 heterocycles. The average molecular weight is 390 g/mol. The molecule has 0 spiro atoms. The monoisotopic (exact) mass is 390 g/mol. The molecule has 3 rings (SSSR count). The van der Waals surface area contributed by atoms with Gasteiger partial charge >= 0.3 is 0 Å². The van der Waals surface area contributed by atoms with Gasteiger partial charge in [-0.15, -0.1) is 0 Å². The van der Waals surface area contributed by atoms with Crippen LogP contribution in [0.5, 0.6) is 11.5 Å². The summed E-state index contributed by atoms with van der Waals surface area (Å²) in [5.74, 6) is 0.455. The van der Waals surface area contributed by atoms with E-state index in [0.717, 1.165) is 15.4 Å². The van der Waals surface area contributed by atoms with Gasteiger partial charge in [-0.1, -0.05) is 6.07 Å². The maximum atomic E-state index is 12.6. The summed E-state index contributed by atoms with van der Waals surface area (Å²) in [5.41, 5.74) is 3.14. The zero-order valence-electron chi connectivity index (χ0n) is 15.5. The van der Waals surface area contributed by atoms with E-state index in [9.17, 15) is 13.2 Å². The zero-order valence-corrected chi connectivity index (χ0v) is 16.3. The van der Waals surface area contributed by atoms with Crippen LogP contribution in [0.15, 0.2) is 36.4 Å². The standard InChI is InChI=1S/C19H22N2O5S/c1-4-27(23,24)21(16-7-8-17-18(10-16)26-12-25-17)11-19(22)20-15-6-5-13(2)14(3)9-15/h5-10H,4,11-12H2,1-3H3,(H,20,22). The number of hydrogen-bond acceptors (Lipinski definition) is 5. The molecular weight excluding hydrogens is 368 g/mol. The van der Waals surface area contributed by atoms with Gasteiger partial charge in [-0.25, -0.2) is 8.42 Å². The highest BCUT2D eigenvalue weighted by atomic mass is 32.2. The van der Waals surface area contributed by atoms with Crippen LogP contribution in [0.25, 0.3) is 0 Å². The summed E-state index contributed by atoms with van der Waals surface area (Å²) in [6, 6.07) is 10.4. The molecule has 0 bridgehead atoms. The quantitative estimate of drug-likeness (QED) is 0.820. The Bertz CT molecular complexity index is 972. The van der Waals surface area contributed by atoms with Crippen molar-refractivity contribution in [3.8, 4) is 11.5 Å². The van der Waals surface area contributed by atoms with Gasteiger partial charge < -0.3 is 14.8 Å². The third-order valence-electron chi connectivity index (χ3n) is 4.42. The van der Waals surface area contributed by atoms with Gasteiger partial charge in [-0.3, -0.25) is 9.10 Å². The molecule has 0 saturated heterocycles. The number of amides is 1. The minimum atomic E-state index is -3.66. The van der Waals surface area contributed by atoms with Gasteiger partial charge in [0.2, 0.25) is 22.7 Å². The largest absolute Gasteiger partial charge is 0.454 e. The summed E-state index contributed by atoms with van der Waals surface area (Å²) in [5, 5.41) is 2.76. The Morgan fingerprint density at radius 2 is 1.81 bits per heavy atom. The summed E-state index contributed by atoms with van der Waals surface area (Å²) < 4.78 is 36.8. The minimum absolute atomic E-state index is 0.0899. The topological polar surface area (TPSA) is 84.9 Å². The Hall–Kier alpha value is -2.74.